The molecular formula is C17H16N2O. The van der Waals surface area contributed by atoms with Gasteiger partial charge in [0.05, 0.1) is 0 Å². The zero-order valence-corrected chi connectivity index (χ0v) is 11.3. The predicted octanol–water partition coefficient (Wildman–Crippen LogP) is 4.26. The fourth-order valence-electron chi connectivity index (χ4n) is 2.00. The summed E-state index contributed by atoms with van der Waals surface area (Å²) >= 11 is 0. The molecule has 0 fully saturated rings. The van der Waals surface area contributed by atoms with Crippen LogP contribution in [0.1, 0.15) is 11.1 Å². The molecule has 0 bridgehead atoms. The predicted molar refractivity (Wildman–Crippen MR) is 80.4 cm³/mol. The highest BCUT2D eigenvalue weighted by molar-refractivity contribution is 5.61. The van der Waals surface area contributed by atoms with Gasteiger partial charge in [0.2, 0.25) is 5.88 Å². The number of aryl methyl sites for hydroxylation is 1. The molecule has 0 radical (unpaired) electrons. The van der Waals surface area contributed by atoms with E-state index in [1.54, 1.807) is 0 Å². The largest absolute Gasteiger partial charge is 0.350 e. The van der Waals surface area contributed by atoms with Gasteiger partial charge in [-0.2, -0.15) is 0 Å². The molecule has 0 saturated carbocycles. The average molecular weight is 264 g/mol. The van der Waals surface area contributed by atoms with E-state index in [4.69, 9.17) is 4.52 Å². The van der Waals surface area contributed by atoms with Crippen LogP contribution in [0, 0.1) is 6.92 Å². The van der Waals surface area contributed by atoms with E-state index in [0.29, 0.717) is 5.88 Å². The first kappa shape index (κ1) is 12.5. The van der Waals surface area contributed by atoms with Crippen molar-refractivity contribution in [2.75, 3.05) is 5.32 Å². The molecule has 0 aliphatic heterocycles. The molecule has 100 valence electrons. The molecule has 0 amide bonds. The van der Waals surface area contributed by atoms with Gasteiger partial charge in [0.1, 0.15) is 5.69 Å². The van der Waals surface area contributed by atoms with Crippen LogP contribution in [0.3, 0.4) is 0 Å². The van der Waals surface area contributed by atoms with Crippen molar-refractivity contribution in [3.8, 4) is 11.3 Å². The number of nitrogens with zero attached hydrogens (tertiary/aromatic N) is 1. The van der Waals surface area contributed by atoms with Crippen LogP contribution < -0.4 is 5.32 Å². The third-order valence-corrected chi connectivity index (χ3v) is 3.17. The van der Waals surface area contributed by atoms with E-state index in [1.807, 2.05) is 36.4 Å². The second kappa shape index (κ2) is 5.61. The van der Waals surface area contributed by atoms with E-state index in [-0.39, 0.29) is 0 Å². The van der Waals surface area contributed by atoms with Crippen LogP contribution in [0.15, 0.2) is 65.2 Å². The molecule has 0 spiro atoms. The van der Waals surface area contributed by atoms with Gasteiger partial charge in [-0.3, -0.25) is 0 Å². The van der Waals surface area contributed by atoms with Gasteiger partial charge in [-0.15, -0.1) is 0 Å². The maximum atomic E-state index is 5.30. The first-order chi connectivity index (χ1) is 9.81. The molecule has 20 heavy (non-hydrogen) atoms. The minimum absolute atomic E-state index is 0.685. The van der Waals surface area contributed by atoms with Crippen molar-refractivity contribution in [2.45, 2.75) is 13.5 Å². The van der Waals surface area contributed by atoms with E-state index in [0.717, 1.165) is 17.8 Å². The van der Waals surface area contributed by atoms with Gasteiger partial charge in [0.15, 0.2) is 0 Å². The molecule has 1 heterocycles. The lowest BCUT2D eigenvalue weighted by Crippen LogP contribution is -1.97. The smallest absolute Gasteiger partial charge is 0.225 e. The highest BCUT2D eigenvalue weighted by Crippen LogP contribution is 2.21. The van der Waals surface area contributed by atoms with Crippen LogP contribution in [-0.4, -0.2) is 5.16 Å². The number of nitrogens with one attached hydrogen (secondary N) is 1. The molecule has 0 saturated heterocycles. The number of anilines is 1. The van der Waals surface area contributed by atoms with Crippen LogP contribution >= 0.6 is 0 Å². The Hall–Kier alpha value is -2.55. The average Bonchev–Trinajstić information content (AvgIpc) is 2.97. The van der Waals surface area contributed by atoms with E-state index < -0.39 is 0 Å². The van der Waals surface area contributed by atoms with E-state index in [9.17, 15) is 0 Å². The van der Waals surface area contributed by atoms with Gasteiger partial charge in [-0.05, 0) is 12.5 Å². The molecule has 1 aromatic heterocycles. The summed E-state index contributed by atoms with van der Waals surface area (Å²) in [6.45, 7) is 2.81. The number of benzene rings is 2. The van der Waals surface area contributed by atoms with Crippen molar-refractivity contribution in [1.29, 1.82) is 0 Å². The first-order valence-corrected chi connectivity index (χ1v) is 6.63. The van der Waals surface area contributed by atoms with Crippen LogP contribution in [0.5, 0.6) is 0 Å². The summed E-state index contributed by atoms with van der Waals surface area (Å²) in [5.41, 5.74) is 4.38. The molecule has 3 heteroatoms. The maximum Gasteiger partial charge on any atom is 0.225 e. The fraction of sp³-hybridized carbons (Fsp3) is 0.118. The number of rotatable bonds is 4. The summed E-state index contributed by atoms with van der Waals surface area (Å²) in [7, 11) is 0. The van der Waals surface area contributed by atoms with Crippen molar-refractivity contribution in [3.05, 3.63) is 71.8 Å². The Bertz CT molecular complexity index is 672. The normalized spacial score (nSPS) is 10.4. The van der Waals surface area contributed by atoms with Gasteiger partial charge in [-0.1, -0.05) is 65.3 Å². The van der Waals surface area contributed by atoms with Crippen molar-refractivity contribution in [3.63, 3.8) is 0 Å². The molecule has 2 aromatic carbocycles. The van der Waals surface area contributed by atoms with Gasteiger partial charge in [-0.25, -0.2) is 0 Å². The lowest BCUT2D eigenvalue weighted by atomic mass is 10.1. The fourth-order valence-corrected chi connectivity index (χ4v) is 2.00. The molecular weight excluding hydrogens is 248 g/mol. The highest BCUT2D eigenvalue weighted by atomic mass is 16.5. The minimum atomic E-state index is 0.685. The minimum Gasteiger partial charge on any atom is -0.350 e. The molecule has 0 aliphatic carbocycles. The van der Waals surface area contributed by atoms with Crippen LogP contribution in [-0.2, 0) is 6.54 Å². The Kier molecular flexibility index (Phi) is 3.50. The molecule has 3 aromatic rings. The van der Waals surface area contributed by atoms with Crippen LogP contribution in [0.25, 0.3) is 11.3 Å². The standard InChI is InChI=1S/C17H16N2O/c1-13-7-9-14(10-8-13)12-18-17-11-16(19-20-17)15-5-3-2-4-6-15/h2-11,18H,12H2,1H3. The van der Waals surface area contributed by atoms with Gasteiger partial charge < -0.3 is 9.84 Å². The van der Waals surface area contributed by atoms with Gasteiger partial charge in [0.25, 0.3) is 0 Å². The third kappa shape index (κ3) is 2.88. The Morgan fingerprint density at radius 3 is 2.50 bits per heavy atom. The summed E-state index contributed by atoms with van der Waals surface area (Å²) in [6, 6.07) is 20.3. The first-order valence-electron chi connectivity index (χ1n) is 6.63. The molecule has 3 rings (SSSR count). The second-order valence-corrected chi connectivity index (χ2v) is 4.78. The Labute approximate surface area is 118 Å². The SMILES string of the molecule is Cc1ccc(CNc2cc(-c3ccccc3)no2)cc1. The summed E-state index contributed by atoms with van der Waals surface area (Å²) in [5.74, 6) is 0.685. The summed E-state index contributed by atoms with van der Waals surface area (Å²) in [5, 5.41) is 7.32. The monoisotopic (exact) mass is 264 g/mol. The zero-order chi connectivity index (χ0) is 13.8. The summed E-state index contributed by atoms with van der Waals surface area (Å²) < 4.78 is 5.30. The van der Waals surface area contributed by atoms with Crippen molar-refractivity contribution >= 4 is 5.88 Å². The lowest BCUT2D eigenvalue weighted by molar-refractivity contribution is 0.434. The quantitative estimate of drug-likeness (QED) is 0.765. The van der Waals surface area contributed by atoms with E-state index >= 15 is 0 Å². The Balaban J connectivity index is 1.67. The second-order valence-electron chi connectivity index (χ2n) is 4.78. The zero-order valence-electron chi connectivity index (χ0n) is 11.3. The van der Waals surface area contributed by atoms with Gasteiger partial charge >= 0.3 is 0 Å². The molecule has 0 atom stereocenters. The van der Waals surface area contributed by atoms with Gasteiger partial charge in [0, 0.05) is 18.2 Å². The van der Waals surface area contributed by atoms with Crippen LogP contribution in [0.2, 0.25) is 0 Å². The summed E-state index contributed by atoms with van der Waals surface area (Å²) in [6.07, 6.45) is 0. The lowest BCUT2D eigenvalue weighted by Gasteiger charge is -2.02. The molecule has 1 N–H and O–H groups in total. The molecule has 0 aliphatic rings. The topological polar surface area (TPSA) is 38.1 Å². The molecule has 0 unspecified atom stereocenters. The maximum absolute atomic E-state index is 5.30. The van der Waals surface area contributed by atoms with Crippen molar-refractivity contribution < 1.29 is 4.52 Å². The summed E-state index contributed by atoms with van der Waals surface area (Å²) in [4.78, 5) is 0. The van der Waals surface area contributed by atoms with E-state index in [1.165, 1.54) is 11.1 Å². The number of hydrogen-bond acceptors (Lipinski definition) is 3. The Morgan fingerprint density at radius 1 is 1.00 bits per heavy atom. The van der Waals surface area contributed by atoms with Crippen molar-refractivity contribution in [1.82, 2.24) is 5.16 Å². The highest BCUT2D eigenvalue weighted by Gasteiger charge is 2.05. The number of aromatic nitrogens is 1. The van der Waals surface area contributed by atoms with Crippen LogP contribution in [0.4, 0.5) is 5.88 Å². The third-order valence-electron chi connectivity index (χ3n) is 3.17. The Morgan fingerprint density at radius 2 is 1.75 bits per heavy atom. The number of hydrogen-bond donors (Lipinski definition) is 1. The van der Waals surface area contributed by atoms with E-state index in [2.05, 4.69) is 41.7 Å². The van der Waals surface area contributed by atoms with Crippen molar-refractivity contribution in [2.24, 2.45) is 0 Å². The molecule has 3 nitrogen and oxygen atoms in total.